The molecule has 2 amide bonds. The molecule has 0 radical (unpaired) electrons. The topological polar surface area (TPSA) is 85.8 Å². The number of hydrogen-bond acceptors (Lipinski definition) is 3. The maximum absolute atomic E-state index is 10.6. The standard InChI is InChI=1S/C11H14ClN5O/c1-7-2-3-14-10-9(7)16-8(6-12)17(10)5-4-15-11(13)18/h2-3H,4-6H2,1H3,(H3,13,15,18). The third-order valence-electron chi connectivity index (χ3n) is 2.67. The molecule has 2 aromatic heterocycles. The van der Waals surface area contributed by atoms with Gasteiger partial charge in [0.25, 0.3) is 0 Å². The highest BCUT2D eigenvalue weighted by molar-refractivity contribution is 6.16. The minimum absolute atomic E-state index is 0.298. The predicted molar refractivity (Wildman–Crippen MR) is 69.4 cm³/mol. The first kappa shape index (κ1) is 12.6. The smallest absolute Gasteiger partial charge is 0.312 e. The third-order valence-corrected chi connectivity index (χ3v) is 2.91. The van der Waals surface area contributed by atoms with Gasteiger partial charge in [0.2, 0.25) is 0 Å². The number of primary amides is 1. The van der Waals surface area contributed by atoms with Crippen LogP contribution in [0.3, 0.4) is 0 Å². The number of carbonyl (C=O) groups is 1. The van der Waals surface area contributed by atoms with Crippen molar-refractivity contribution in [1.82, 2.24) is 19.9 Å². The summed E-state index contributed by atoms with van der Waals surface area (Å²) in [6, 6.07) is 1.36. The number of fused-ring (bicyclic) bond motifs is 1. The van der Waals surface area contributed by atoms with Crippen LogP contribution in [-0.4, -0.2) is 27.1 Å². The van der Waals surface area contributed by atoms with Crippen molar-refractivity contribution in [2.75, 3.05) is 6.54 Å². The van der Waals surface area contributed by atoms with Gasteiger partial charge in [-0.1, -0.05) is 0 Å². The first-order valence-electron chi connectivity index (χ1n) is 5.53. The number of nitrogens with zero attached hydrogens (tertiary/aromatic N) is 3. The second kappa shape index (κ2) is 5.22. The molecule has 0 saturated carbocycles. The van der Waals surface area contributed by atoms with E-state index in [9.17, 15) is 4.79 Å². The lowest BCUT2D eigenvalue weighted by Crippen LogP contribution is -2.32. The molecule has 0 fully saturated rings. The quantitative estimate of drug-likeness (QED) is 0.815. The summed E-state index contributed by atoms with van der Waals surface area (Å²) in [7, 11) is 0. The number of hydrogen-bond donors (Lipinski definition) is 2. The number of imidazole rings is 1. The van der Waals surface area contributed by atoms with Crippen LogP contribution in [0.15, 0.2) is 12.3 Å². The Labute approximate surface area is 109 Å². The van der Waals surface area contributed by atoms with E-state index in [0.717, 1.165) is 22.6 Å². The van der Waals surface area contributed by atoms with Crippen LogP contribution in [0.4, 0.5) is 4.79 Å². The largest absolute Gasteiger partial charge is 0.352 e. The van der Waals surface area contributed by atoms with E-state index in [1.54, 1.807) is 6.20 Å². The van der Waals surface area contributed by atoms with Crippen molar-refractivity contribution in [2.24, 2.45) is 5.73 Å². The molecule has 0 bridgehead atoms. The van der Waals surface area contributed by atoms with E-state index < -0.39 is 6.03 Å². The van der Waals surface area contributed by atoms with E-state index in [-0.39, 0.29) is 0 Å². The van der Waals surface area contributed by atoms with E-state index in [4.69, 9.17) is 17.3 Å². The maximum atomic E-state index is 10.6. The Morgan fingerprint density at radius 2 is 2.39 bits per heavy atom. The normalized spacial score (nSPS) is 10.8. The molecule has 0 saturated heterocycles. The lowest BCUT2D eigenvalue weighted by molar-refractivity contribution is 0.248. The van der Waals surface area contributed by atoms with Gasteiger partial charge < -0.3 is 15.6 Å². The summed E-state index contributed by atoms with van der Waals surface area (Å²) in [5.74, 6) is 1.03. The molecule has 0 aliphatic heterocycles. The van der Waals surface area contributed by atoms with Crippen molar-refractivity contribution in [3.05, 3.63) is 23.7 Å². The second-order valence-electron chi connectivity index (χ2n) is 3.90. The highest BCUT2D eigenvalue weighted by atomic mass is 35.5. The molecule has 96 valence electrons. The van der Waals surface area contributed by atoms with E-state index in [1.165, 1.54) is 0 Å². The monoisotopic (exact) mass is 267 g/mol. The van der Waals surface area contributed by atoms with E-state index in [1.807, 2.05) is 17.6 Å². The average molecular weight is 268 g/mol. The number of carbonyl (C=O) groups excluding carboxylic acids is 1. The van der Waals surface area contributed by atoms with Gasteiger partial charge in [-0.2, -0.15) is 0 Å². The molecule has 3 N–H and O–H groups in total. The number of nitrogens with two attached hydrogens (primary N) is 1. The van der Waals surface area contributed by atoms with Crippen molar-refractivity contribution in [3.8, 4) is 0 Å². The van der Waals surface area contributed by atoms with Gasteiger partial charge in [0.15, 0.2) is 5.65 Å². The van der Waals surface area contributed by atoms with Gasteiger partial charge >= 0.3 is 6.03 Å². The maximum Gasteiger partial charge on any atom is 0.312 e. The first-order chi connectivity index (χ1) is 8.63. The summed E-state index contributed by atoms with van der Waals surface area (Å²) in [5.41, 5.74) is 7.69. The molecule has 0 aromatic carbocycles. The number of amides is 2. The van der Waals surface area contributed by atoms with Crippen LogP contribution < -0.4 is 11.1 Å². The molecule has 0 atom stereocenters. The van der Waals surface area contributed by atoms with Gasteiger partial charge in [-0.25, -0.2) is 14.8 Å². The van der Waals surface area contributed by atoms with Crippen LogP contribution in [0.1, 0.15) is 11.4 Å². The summed E-state index contributed by atoms with van der Waals surface area (Å²) in [6.45, 7) is 2.93. The van der Waals surface area contributed by atoms with Crippen LogP contribution in [0.25, 0.3) is 11.2 Å². The molecule has 0 spiro atoms. The summed E-state index contributed by atoms with van der Waals surface area (Å²) in [6.07, 6.45) is 1.73. The van der Waals surface area contributed by atoms with Gasteiger partial charge in [0, 0.05) is 19.3 Å². The number of urea groups is 1. The zero-order valence-electron chi connectivity index (χ0n) is 9.98. The predicted octanol–water partition coefficient (Wildman–Crippen LogP) is 1.15. The van der Waals surface area contributed by atoms with Crippen LogP contribution in [0, 0.1) is 6.92 Å². The molecular weight excluding hydrogens is 254 g/mol. The highest BCUT2D eigenvalue weighted by Gasteiger charge is 2.12. The summed E-state index contributed by atoms with van der Waals surface area (Å²) in [5, 5.41) is 2.53. The van der Waals surface area contributed by atoms with Crippen molar-refractivity contribution >= 4 is 28.8 Å². The number of halogens is 1. The molecule has 2 rings (SSSR count). The number of alkyl halides is 1. The highest BCUT2D eigenvalue weighted by Crippen LogP contribution is 2.18. The molecular formula is C11H14ClN5O. The van der Waals surface area contributed by atoms with Crippen molar-refractivity contribution < 1.29 is 4.79 Å². The van der Waals surface area contributed by atoms with Crippen LogP contribution in [0.5, 0.6) is 0 Å². The van der Waals surface area contributed by atoms with Gasteiger partial charge in [-0.15, -0.1) is 11.6 Å². The number of pyridine rings is 1. The Balaban J connectivity index is 2.35. The fourth-order valence-electron chi connectivity index (χ4n) is 1.81. The van der Waals surface area contributed by atoms with Crippen LogP contribution in [0.2, 0.25) is 0 Å². The molecule has 7 heteroatoms. The Hall–Kier alpha value is -1.82. The summed E-state index contributed by atoms with van der Waals surface area (Å²) >= 11 is 5.87. The van der Waals surface area contributed by atoms with Gasteiger partial charge in [-0.05, 0) is 18.6 Å². The van der Waals surface area contributed by atoms with Gasteiger partial charge in [-0.3, -0.25) is 0 Å². The van der Waals surface area contributed by atoms with Crippen LogP contribution in [-0.2, 0) is 12.4 Å². The van der Waals surface area contributed by atoms with Crippen molar-refractivity contribution in [2.45, 2.75) is 19.3 Å². The molecule has 18 heavy (non-hydrogen) atoms. The van der Waals surface area contributed by atoms with E-state index >= 15 is 0 Å². The van der Waals surface area contributed by atoms with Gasteiger partial charge in [0.05, 0.1) is 5.88 Å². The van der Waals surface area contributed by atoms with E-state index in [0.29, 0.717) is 19.0 Å². The lowest BCUT2D eigenvalue weighted by Gasteiger charge is -2.07. The minimum Gasteiger partial charge on any atom is -0.352 e. The van der Waals surface area contributed by atoms with Gasteiger partial charge in [0.1, 0.15) is 11.3 Å². The lowest BCUT2D eigenvalue weighted by atomic mass is 10.3. The summed E-state index contributed by atoms with van der Waals surface area (Å²) in [4.78, 5) is 19.4. The zero-order valence-corrected chi connectivity index (χ0v) is 10.7. The fourth-order valence-corrected chi connectivity index (χ4v) is 2.02. The summed E-state index contributed by atoms with van der Waals surface area (Å²) < 4.78 is 1.89. The number of nitrogens with one attached hydrogen (secondary N) is 1. The van der Waals surface area contributed by atoms with Crippen molar-refractivity contribution in [1.29, 1.82) is 0 Å². The molecule has 0 aliphatic carbocycles. The Bertz CT molecular complexity index is 580. The number of aromatic nitrogens is 3. The van der Waals surface area contributed by atoms with Crippen LogP contribution >= 0.6 is 11.6 Å². The Kier molecular flexibility index (Phi) is 3.66. The number of rotatable bonds is 4. The first-order valence-corrected chi connectivity index (χ1v) is 6.07. The molecule has 0 aliphatic rings. The second-order valence-corrected chi connectivity index (χ2v) is 4.17. The molecule has 6 nitrogen and oxygen atoms in total. The third kappa shape index (κ3) is 2.38. The Morgan fingerprint density at radius 1 is 1.61 bits per heavy atom. The van der Waals surface area contributed by atoms with Crippen molar-refractivity contribution in [3.63, 3.8) is 0 Å². The molecule has 2 heterocycles. The fraction of sp³-hybridized carbons (Fsp3) is 0.364. The molecule has 0 unspecified atom stereocenters. The SMILES string of the molecule is Cc1ccnc2c1nc(CCl)n2CCNC(N)=O. The van der Waals surface area contributed by atoms with E-state index in [2.05, 4.69) is 15.3 Å². The molecule has 2 aromatic rings. The minimum atomic E-state index is -0.545. The average Bonchev–Trinajstić information content (AvgIpc) is 2.69. The number of aryl methyl sites for hydroxylation is 1. The zero-order chi connectivity index (χ0) is 13.1. The Morgan fingerprint density at radius 3 is 3.06 bits per heavy atom.